The average Bonchev–Trinajstić information content (AvgIpc) is 2.42. The molecular formula is C16H29Sn. The van der Waals surface area contributed by atoms with Gasteiger partial charge in [0.2, 0.25) is 0 Å². The molecule has 0 saturated heterocycles. The molecule has 0 nitrogen and oxygen atoms in total. The van der Waals surface area contributed by atoms with Crippen molar-refractivity contribution >= 4 is 22.5 Å². The van der Waals surface area contributed by atoms with Crippen LogP contribution >= 0.6 is 0 Å². The average molecular weight is 340 g/mol. The summed E-state index contributed by atoms with van der Waals surface area (Å²) in [7, 11) is 0. The SMILES string of the molecule is [Sn][CH2]CCC(C1CCCCC1)C1CCCCC1. The van der Waals surface area contributed by atoms with Crippen LogP contribution in [0.25, 0.3) is 0 Å². The molecule has 3 radical (unpaired) electrons. The van der Waals surface area contributed by atoms with E-state index in [2.05, 4.69) is 0 Å². The van der Waals surface area contributed by atoms with Gasteiger partial charge >= 0.3 is 122 Å². The molecule has 0 bridgehead atoms. The van der Waals surface area contributed by atoms with Crippen molar-refractivity contribution in [3.05, 3.63) is 0 Å². The fraction of sp³-hybridized carbons (Fsp3) is 1.00. The van der Waals surface area contributed by atoms with Crippen molar-refractivity contribution in [2.75, 3.05) is 0 Å². The van der Waals surface area contributed by atoms with Crippen molar-refractivity contribution in [1.29, 1.82) is 0 Å². The van der Waals surface area contributed by atoms with Crippen LogP contribution in [-0.4, -0.2) is 22.5 Å². The van der Waals surface area contributed by atoms with E-state index in [-0.39, 0.29) is 0 Å². The molecule has 2 rings (SSSR count). The van der Waals surface area contributed by atoms with Gasteiger partial charge < -0.3 is 0 Å². The Hall–Kier alpha value is 0.799. The van der Waals surface area contributed by atoms with Crippen LogP contribution < -0.4 is 0 Å². The zero-order valence-electron chi connectivity index (χ0n) is 11.4. The minimum atomic E-state index is 1.12. The summed E-state index contributed by atoms with van der Waals surface area (Å²) in [4.78, 5) is 0. The maximum atomic E-state index is 1.75. The molecule has 0 amide bonds. The van der Waals surface area contributed by atoms with Crippen molar-refractivity contribution in [1.82, 2.24) is 0 Å². The number of hydrogen-bond acceptors (Lipinski definition) is 0. The number of hydrogen-bond donors (Lipinski definition) is 0. The van der Waals surface area contributed by atoms with Gasteiger partial charge in [0.15, 0.2) is 0 Å². The van der Waals surface area contributed by atoms with Crippen LogP contribution in [-0.2, 0) is 0 Å². The third-order valence-electron chi connectivity index (χ3n) is 5.22. The van der Waals surface area contributed by atoms with E-state index in [0.717, 1.165) is 17.8 Å². The van der Waals surface area contributed by atoms with Gasteiger partial charge in [-0.15, -0.1) is 0 Å². The van der Waals surface area contributed by atoms with Crippen molar-refractivity contribution in [3.8, 4) is 0 Å². The molecule has 2 aliphatic carbocycles. The molecule has 0 aromatic heterocycles. The van der Waals surface area contributed by atoms with E-state index < -0.39 is 0 Å². The molecular weight excluding hydrogens is 311 g/mol. The van der Waals surface area contributed by atoms with Gasteiger partial charge in [-0.3, -0.25) is 0 Å². The molecule has 0 N–H and O–H groups in total. The molecule has 0 atom stereocenters. The van der Waals surface area contributed by atoms with Gasteiger partial charge in [-0.2, -0.15) is 0 Å². The summed E-state index contributed by atoms with van der Waals surface area (Å²) in [6.45, 7) is 0. The first-order valence-corrected chi connectivity index (χ1v) is 10.1. The fourth-order valence-corrected chi connectivity index (χ4v) is 4.90. The van der Waals surface area contributed by atoms with Crippen LogP contribution in [0.15, 0.2) is 0 Å². The minimum absolute atomic E-state index is 1.12. The summed E-state index contributed by atoms with van der Waals surface area (Å²) in [5.41, 5.74) is 0. The summed E-state index contributed by atoms with van der Waals surface area (Å²) in [6.07, 6.45) is 18.5. The van der Waals surface area contributed by atoms with Gasteiger partial charge in [-0.25, -0.2) is 0 Å². The standard InChI is InChI=1S/C16H29.Sn/c1-2-9-16(14-10-5-3-6-11-14)15-12-7-4-8-13-15;/h14-16H,1-13H2;. The van der Waals surface area contributed by atoms with Gasteiger partial charge in [-0.1, -0.05) is 0 Å². The first-order valence-electron chi connectivity index (χ1n) is 8.06. The molecule has 0 aliphatic heterocycles. The maximum absolute atomic E-state index is 1.75. The Labute approximate surface area is 121 Å². The zero-order valence-corrected chi connectivity index (χ0v) is 14.3. The van der Waals surface area contributed by atoms with Crippen molar-refractivity contribution in [3.63, 3.8) is 0 Å². The first kappa shape index (κ1) is 14.2. The van der Waals surface area contributed by atoms with Crippen LogP contribution in [0.2, 0.25) is 4.44 Å². The molecule has 2 fully saturated rings. The summed E-state index contributed by atoms with van der Waals surface area (Å²) < 4.78 is 1.49. The third-order valence-corrected chi connectivity index (χ3v) is 6.23. The van der Waals surface area contributed by atoms with E-state index in [9.17, 15) is 0 Å². The molecule has 17 heavy (non-hydrogen) atoms. The number of rotatable bonds is 5. The van der Waals surface area contributed by atoms with E-state index >= 15 is 0 Å². The summed E-state index contributed by atoms with van der Waals surface area (Å²) in [5, 5.41) is 0. The van der Waals surface area contributed by atoms with Crippen molar-refractivity contribution in [2.24, 2.45) is 17.8 Å². The van der Waals surface area contributed by atoms with Crippen LogP contribution in [0.3, 0.4) is 0 Å². The molecule has 0 heterocycles. The Kier molecular flexibility index (Phi) is 6.74. The van der Waals surface area contributed by atoms with Crippen LogP contribution in [0.5, 0.6) is 0 Å². The van der Waals surface area contributed by atoms with E-state index in [0.29, 0.717) is 0 Å². The summed E-state index contributed by atoms with van der Waals surface area (Å²) in [6, 6.07) is 0. The molecule has 2 saturated carbocycles. The summed E-state index contributed by atoms with van der Waals surface area (Å²) in [5.74, 6) is 3.36. The Bertz CT molecular complexity index is 172. The quantitative estimate of drug-likeness (QED) is 0.609. The fourth-order valence-electron chi connectivity index (χ4n) is 4.32. The van der Waals surface area contributed by atoms with Gasteiger partial charge in [0.05, 0.1) is 0 Å². The predicted octanol–water partition coefficient (Wildman–Crippen LogP) is 5.13. The molecule has 0 aromatic carbocycles. The normalized spacial score (nSPS) is 24.4. The zero-order chi connectivity index (χ0) is 11.9. The monoisotopic (exact) mass is 341 g/mol. The van der Waals surface area contributed by atoms with Crippen LogP contribution in [0.1, 0.15) is 77.0 Å². The van der Waals surface area contributed by atoms with Gasteiger partial charge in [0.1, 0.15) is 0 Å². The predicted molar refractivity (Wildman–Crippen MR) is 76.4 cm³/mol. The Morgan fingerprint density at radius 1 is 0.765 bits per heavy atom. The molecule has 2 aliphatic rings. The van der Waals surface area contributed by atoms with Crippen LogP contribution in [0, 0.1) is 17.8 Å². The Morgan fingerprint density at radius 3 is 1.65 bits per heavy atom. The van der Waals surface area contributed by atoms with E-state index in [1.165, 1.54) is 49.4 Å². The third kappa shape index (κ3) is 4.44. The second kappa shape index (κ2) is 8.07. The van der Waals surface area contributed by atoms with Crippen molar-refractivity contribution in [2.45, 2.75) is 81.5 Å². The van der Waals surface area contributed by atoms with E-state index in [1.807, 2.05) is 0 Å². The summed E-state index contributed by atoms with van der Waals surface area (Å²) >= 11 is 1.75. The second-order valence-corrected chi connectivity index (χ2v) is 7.78. The molecule has 1 heteroatoms. The first-order chi connectivity index (χ1) is 8.42. The van der Waals surface area contributed by atoms with Gasteiger partial charge in [-0.05, 0) is 0 Å². The van der Waals surface area contributed by atoms with Crippen LogP contribution in [0.4, 0.5) is 0 Å². The second-order valence-electron chi connectivity index (χ2n) is 6.35. The van der Waals surface area contributed by atoms with Gasteiger partial charge in [0.25, 0.3) is 0 Å². The molecule has 0 aromatic rings. The van der Waals surface area contributed by atoms with Crippen molar-refractivity contribution < 1.29 is 0 Å². The Morgan fingerprint density at radius 2 is 1.24 bits per heavy atom. The van der Waals surface area contributed by atoms with E-state index in [1.54, 1.807) is 54.6 Å². The molecule has 0 spiro atoms. The Balaban J connectivity index is 1.90. The van der Waals surface area contributed by atoms with E-state index in [4.69, 9.17) is 0 Å². The topological polar surface area (TPSA) is 0 Å². The van der Waals surface area contributed by atoms with Gasteiger partial charge in [0, 0.05) is 0 Å². The molecule has 0 unspecified atom stereocenters. The molecule has 97 valence electrons.